The fraction of sp³-hybridized carbons (Fsp3) is 0.619. The highest BCUT2D eigenvalue weighted by Crippen LogP contribution is 2.23. The minimum absolute atomic E-state index is 0.0599. The lowest BCUT2D eigenvalue weighted by Gasteiger charge is -2.29. The van der Waals surface area contributed by atoms with Crippen LogP contribution in [0, 0.1) is 5.92 Å². The van der Waals surface area contributed by atoms with Crippen LogP contribution in [0.3, 0.4) is 0 Å². The third-order valence-corrected chi connectivity index (χ3v) is 5.60. The molecule has 1 aliphatic heterocycles. The van der Waals surface area contributed by atoms with Crippen LogP contribution < -0.4 is 5.32 Å². The van der Waals surface area contributed by atoms with Crippen molar-refractivity contribution in [1.29, 1.82) is 0 Å². The Hall–Kier alpha value is -1.84. The van der Waals surface area contributed by atoms with Gasteiger partial charge in [0.2, 0.25) is 11.8 Å². The zero-order chi connectivity index (χ0) is 17.6. The number of carbonyl (C=O) groups excluding carboxylic acids is 2. The summed E-state index contributed by atoms with van der Waals surface area (Å²) in [6, 6.07) is 10.1. The van der Waals surface area contributed by atoms with Gasteiger partial charge in [-0.05, 0) is 37.7 Å². The van der Waals surface area contributed by atoms with E-state index in [1.807, 2.05) is 30.0 Å². The largest absolute Gasteiger partial charge is 0.352 e. The molecule has 0 spiro atoms. The number of nitrogens with one attached hydrogen (secondary N) is 1. The molecule has 1 N–H and O–H groups in total. The van der Waals surface area contributed by atoms with E-state index in [4.69, 9.17) is 0 Å². The second-order valence-electron chi connectivity index (χ2n) is 7.62. The highest BCUT2D eigenvalue weighted by Gasteiger charge is 2.36. The number of hydrogen-bond acceptors (Lipinski definition) is 2. The Labute approximate surface area is 151 Å². The summed E-state index contributed by atoms with van der Waals surface area (Å²) in [7, 11) is 0. The van der Waals surface area contributed by atoms with Gasteiger partial charge in [-0.15, -0.1) is 0 Å². The summed E-state index contributed by atoms with van der Waals surface area (Å²) in [5.74, 6) is 0.0836. The fourth-order valence-corrected chi connectivity index (χ4v) is 4.19. The SMILES string of the molecule is CC(Cc1ccccc1)C(=O)N1CCC[C@H]1C(=O)NC1CCCCC1. The molecule has 1 unspecified atom stereocenters. The van der Waals surface area contributed by atoms with Crippen molar-refractivity contribution < 1.29 is 9.59 Å². The van der Waals surface area contributed by atoms with E-state index < -0.39 is 0 Å². The Morgan fingerprint density at radius 1 is 1.08 bits per heavy atom. The van der Waals surface area contributed by atoms with Crippen LogP contribution in [0.25, 0.3) is 0 Å². The number of amides is 2. The van der Waals surface area contributed by atoms with Crippen LogP contribution in [-0.4, -0.2) is 35.3 Å². The first-order valence-corrected chi connectivity index (χ1v) is 9.80. The van der Waals surface area contributed by atoms with Crippen molar-refractivity contribution >= 4 is 11.8 Å². The van der Waals surface area contributed by atoms with Gasteiger partial charge in [-0.2, -0.15) is 0 Å². The molecule has 25 heavy (non-hydrogen) atoms. The van der Waals surface area contributed by atoms with Crippen LogP contribution in [0.4, 0.5) is 0 Å². The van der Waals surface area contributed by atoms with Crippen molar-refractivity contribution in [3.8, 4) is 0 Å². The predicted molar refractivity (Wildman–Crippen MR) is 99.1 cm³/mol. The quantitative estimate of drug-likeness (QED) is 0.892. The first-order chi connectivity index (χ1) is 12.1. The zero-order valence-electron chi connectivity index (χ0n) is 15.2. The van der Waals surface area contributed by atoms with Gasteiger partial charge in [0.1, 0.15) is 6.04 Å². The summed E-state index contributed by atoms with van der Waals surface area (Å²) < 4.78 is 0. The number of carbonyl (C=O) groups is 2. The third-order valence-electron chi connectivity index (χ3n) is 5.60. The average molecular weight is 342 g/mol. The lowest BCUT2D eigenvalue weighted by atomic mass is 9.95. The number of rotatable bonds is 5. The molecule has 1 saturated carbocycles. The van der Waals surface area contributed by atoms with E-state index in [0.29, 0.717) is 12.6 Å². The van der Waals surface area contributed by atoms with Gasteiger partial charge in [0.15, 0.2) is 0 Å². The monoisotopic (exact) mass is 342 g/mol. The number of hydrogen-bond donors (Lipinski definition) is 1. The van der Waals surface area contributed by atoms with Crippen LogP contribution in [0.1, 0.15) is 57.4 Å². The molecular weight excluding hydrogens is 312 g/mol. The standard InChI is InChI=1S/C21H30N2O2/c1-16(15-17-9-4-2-5-10-17)21(25)23-14-8-13-19(23)20(24)22-18-11-6-3-7-12-18/h2,4-5,9-10,16,18-19H,3,6-8,11-15H2,1H3,(H,22,24)/t16?,19-/m0/s1. The molecule has 2 fully saturated rings. The molecule has 2 aliphatic rings. The van der Waals surface area contributed by atoms with E-state index in [9.17, 15) is 9.59 Å². The van der Waals surface area contributed by atoms with E-state index in [0.717, 1.165) is 32.1 Å². The fourth-order valence-electron chi connectivity index (χ4n) is 4.19. The summed E-state index contributed by atoms with van der Waals surface area (Å²) >= 11 is 0. The molecule has 1 aromatic carbocycles. The van der Waals surface area contributed by atoms with Crippen LogP contribution >= 0.6 is 0 Å². The number of benzene rings is 1. The van der Waals surface area contributed by atoms with Gasteiger partial charge >= 0.3 is 0 Å². The zero-order valence-corrected chi connectivity index (χ0v) is 15.2. The molecule has 4 heteroatoms. The van der Waals surface area contributed by atoms with Crippen molar-refractivity contribution in [3.05, 3.63) is 35.9 Å². The van der Waals surface area contributed by atoms with Gasteiger partial charge in [-0.1, -0.05) is 56.5 Å². The molecule has 1 saturated heterocycles. The van der Waals surface area contributed by atoms with Crippen molar-refractivity contribution in [3.63, 3.8) is 0 Å². The Kier molecular flexibility index (Phi) is 6.11. The lowest BCUT2D eigenvalue weighted by Crippen LogP contribution is -2.50. The molecule has 4 nitrogen and oxygen atoms in total. The Morgan fingerprint density at radius 3 is 2.52 bits per heavy atom. The molecular formula is C21H30N2O2. The number of nitrogens with zero attached hydrogens (tertiary/aromatic N) is 1. The summed E-state index contributed by atoms with van der Waals surface area (Å²) in [6.45, 7) is 2.68. The van der Waals surface area contributed by atoms with E-state index >= 15 is 0 Å². The Morgan fingerprint density at radius 2 is 1.80 bits per heavy atom. The minimum Gasteiger partial charge on any atom is -0.352 e. The summed E-state index contributed by atoms with van der Waals surface area (Å²) in [5.41, 5.74) is 1.17. The summed E-state index contributed by atoms with van der Waals surface area (Å²) in [6.07, 6.45) is 8.28. The first-order valence-electron chi connectivity index (χ1n) is 9.80. The van der Waals surface area contributed by atoms with Gasteiger partial charge in [-0.25, -0.2) is 0 Å². The molecule has 2 atom stereocenters. The highest BCUT2D eigenvalue weighted by atomic mass is 16.2. The maximum atomic E-state index is 12.9. The normalized spacial score (nSPS) is 22.6. The molecule has 1 aliphatic carbocycles. The lowest BCUT2D eigenvalue weighted by molar-refractivity contribution is -0.141. The Bertz CT molecular complexity index is 581. The molecule has 136 valence electrons. The maximum Gasteiger partial charge on any atom is 0.243 e. The van der Waals surface area contributed by atoms with Crippen LogP contribution in [0.5, 0.6) is 0 Å². The molecule has 0 aromatic heterocycles. The first kappa shape index (κ1) is 18.0. The highest BCUT2D eigenvalue weighted by molar-refractivity contribution is 5.89. The summed E-state index contributed by atoms with van der Waals surface area (Å²) in [5, 5.41) is 3.20. The predicted octanol–water partition coefficient (Wildman–Crippen LogP) is 3.31. The smallest absolute Gasteiger partial charge is 0.243 e. The topological polar surface area (TPSA) is 49.4 Å². The van der Waals surface area contributed by atoms with Gasteiger partial charge in [-0.3, -0.25) is 9.59 Å². The second kappa shape index (κ2) is 8.50. The van der Waals surface area contributed by atoms with Crippen molar-refractivity contribution in [2.75, 3.05) is 6.54 Å². The van der Waals surface area contributed by atoms with E-state index in [-0.39, 0.29) is 23.8 Å². The van der Waals surface area contributed by atoms with Crippen LogP contribution in [0.2, 0.25) is 0 Å². The molecule has 0 radical (unpaired) electrons. The van der Waals surface area contributed by atoms with Gasteiger partial charge in [0.25, 0.3) is 0 Å². The second-order valence-corrected chi connectivity index (χ2v) is 7.62. The van der Waals surface area contributed by atoms with Gasteiger partial charge < -0.3 is 10.2 Å². The van der Waals surface area contributed by atoms with Crippen LogP contribution in [0.15, 0.2) is 30.3 Å². The van der Waals surface area contributed by atoms with Crippen molar-refractivity contribution in [2.45, 2.75) is 70.4 Å². The van der Waals surface area contributed by atoms with Crippen LogP contribution in [-0.2, 0) is 16.0 Å². The van der Waals surface area contributed by atoms with Crippen molar-refractivity contribution in [2.24, 2.45) is 5.92 Å². The molecule has 1 aromatic rings. The molecule has 1 heterocycles. The molecule has 3 rings (SSSR count). The van der Waals surface area contributed by atoms with E-state index in [2.05, 4.69) is 17.4 Å². The van der Waals surface area contributed by atoms with Gasteiger partial charge in [0, 0.05) is 18.5 Å². The number of likely N-dealkylation sites (tertiary alicyclic amines) is 1. The van der Waals surface area contributed by atoms with Gasteiger partial charge in [0.05, 0.1) is 0 Å². The molecule has 0 bridgehead atoms. The average Bonchev–Trinajstić information content (AvgIpc) is 3.12. The Balaban J connectivity index is 1.57. The molecule has 2 amide bonds. The van der Waals surface area contributed by atoms with E-state index in [1.165, 1.54) is 24.8 Å². The maximum absolute atomic E-state index is 12.9. The van der Waals surface area contributed by atoms with E-state index in [1.54, 1.807) is 0 Å². The summed E-state index contributed by atoms with van der Waals surface area (Å²) in [4.78, 5) is 27.4. The third kappa shape index (κ3) is 4.62. The minimum atomic E-state index is -0.271. The van der Waals surface area contributed by atoms with Crippen molar-refractivity contribution in [1.82, 2.24) is 10.2 Å².